The summed E-state index contributed by atoms with van der Waals surface area (Å²) in [5, 5.41) is 37.5. The van der Waals surface area contributed by atoms with Crippen LogP contribution in [0.25, 0.3) is 16.6 Å². The lowest BCUT2D eigenvalue weighted by Crippen LogP contribution is -2.42. The molecule has 37 heavy (non-hydrogen) atoms. The number of amides is 1. The van der Waals surface area contributed by atoms with Gasteiger partial charge < -0.3 is 10.0 Å². The van der Waals surface area contributed by atoms with Crippen LogP contribution in [0, 0.1) is 35.4 Å². The average molecular weight is 516 g/mol. The third-order valence-electron chi connectivity index (χ3n) is 6.47. The molecule has 1 aromatic carbocycles. The maximum Gasteiger partial charge on any atom is 0.248 e. The van der Waals surface area contributed by atoms with E-state index in [1.165, 1.54) is 30.1 Å². The number of nitrogens with zero attached hydrogens (tertiary/aromatic N) is 7. The van der Waals surface area contributed by atoms with Gasteiger partial charge in [-0.2, -0.15) is 20.7 Å². The molecule has 3 aromatic heterocycles. The second kappa shape index (κ2) is 10.1. The molecule has 0 saturated carbocycles. The molecular weight excluding hydrogens is 493 g/mol. The van der Waals surface area contributed by atoms with Gasteiger partial charge in [-0.25, -0.2) is 8.91 Å². The van der Waals surface area contributed by atoms with Gasteiger partial charge in [-0.15, -0.1) is 0 Å². The van der Waals surface area contributed by atoms with Gasteiger partial charge in [0.25, 0.3) is 0 Å². The molecule has 0 bridgehead atoms. The number of piperidine rings is 1. The van der Waals surface area contributed by atoms with Crippen molar-refractivity contribution in [2.24, 2.45) is 0 Å². The van der Waals surface area contributed by atoms with E-state index in [0.29, 0.717) is 34.0 Å². The predicted octanol–water partition coefficient (Wildman–Crippen LogP) is 3.70. The lowest BCUT2D eigenvalue weighted by molar-refractivity contribution is -0.135. The maximum absolute atomic E-state index is 13.7. The Morgan fingerprint density at radius 2 is 2.03 bits per heavy atom. The van der Waals surface area contributed by atoms with Crippen molar-refractivity contribution in [1.29, 1.82) is 10.5 Å². The molecule has 1 N–H and O–H groups in total. The Morgan fingerprint density at radius 3 is 2.78 bits per heavy atom. The van der Waals surface area contributed by atoms with E-state index < -0.39 is 12.4 Å². The van der Waals surface area contributed by atoms with Crippen LogP contribution in [-0.2, 0) is 4.79 Å². The van der Waals surface area contributed by atoms with Crippen LogP contribution in [0.5, 0.6) is 0 Å². The Balaban J connectivity index is 1.56. The number of hydrogen-bond acceptors (Lipinski definition) is 7. The molecule has 9 nitrogen and oxygen atoms in total. The number of pyridine rings is 1. The summed E-state index contributed by atoms with van der Waals surface area (Å²) in [5.41, 5.74) is 3.65. The summed E-state index contributed by atoms with van der Waals surface area (Å²) >= 11 is 1.27. The van der Waals surface area contributed by atoms with Gasteiger partial charge in [0.15, 0.2) is 0 Å². The number of aliphatic hydroxyl groups excluding tert-OH is 1. The summed E-state index contributed by atoms with van der Waals surface area (Å²) in [6, 6.07) is 10.1. The molecule has 1 aliphatic heterocycles. The highest BCUT2D eigenvalue weighted by molar-refractivity contribution is 7.99. The molecule has 4 aromatic rings. The molecule has 0 radical (unpaired) electrons. The first kappa shape index (κ1) is 24.5. The molecule has 186 valence electrons. The number of carbonyl (C=O) groups is 1. The van der Waals surface area contributed by atoms with E-state index in [4.69, 9.17) is 5.10 Å². The molecule has 1 saturated heterocycles. The van der Waals surface area contributed by atoms with E-state index in [2.05, 4.69) is 11.2 Å². The van der Waals surface area contributed by atoms with Crippen molar-refractivity contribution in [3.8, 4) is 23.3 Å². The van der Waals surface area contributed by atoms with Crippen molar-refractivity contribution in [2.45, 2.75) is 35.6 Å². The molecule has 1 aliphatic rings. The maximum atomic E-state index is 13.7. The van der Waals surface area contributed by atoms with Crippen LogP contribution >= 0.6 is 11.8 Å². The number of rotatable bonds is 5. The highest BCUT2D eigenvalue weighted by Crippen LogP contribution is 2.38. The van der Waals surface area contributed by atoms with Gasteiger partial charge >= 0.3 is 0 Å². The number of hydrogen-bond donors (Lipinski definition) is 1. The van der Waals surface area contributed by atoms with E-state index in [-0.39, 0.29) is 17.5 Å². The Kier molecular flexibility index (Phi) is 6.66. The first-order valence-corrected chi connectivity index (χ1v) is 12.5. The lowest BCUT2D eigenvalue weighted by atomic mass is 10.1. The Bertz CT molecular complexity index is 1600. The Morgan fingerprint density at radius 1 is 1.22 bits per heavy atom. The number of halogens is 1. The van der Waals surface area contributed by atoms with Crippen molar-refractivity contribution in [2.75, 3.05) is 19.7 Å². The number of nitriles is 2. The van der Waals surface area contributed by atoms with Crippen LogP contribution in [0.3, 0.4) is 0 Å². The number of benzene rings is 1. The standard InChI is InChI=1S/C26H22FN7O2S/c1-16-22(14-33(31-16)21-3-2-6-32(13-21)25(36)15-35)18-8-24(26-19(10-29)11-30-34(26)12-18)37-23-5-4-20(27)7-17(23)9-28/h4-5,7-8,11-12,14,21,35H,2-3,6,13,15H2,1H3/t21-/m0/s1. The molecule has 0 aliphatic carbocycles. The van der Waals surface area contributed by atoms with Crippen LogP contribution in [0.15, 0.2) is 52.6 Å². The number of fused-ring (bicyclic) bond motifs is 1. The summed E-state index contributed by atoms with van der Waals surface area (Å²) in [6.07, 6.45) is 6.94. The minimum atomic E-state index is -0.507. The minimum Gasteiger partial charge on any atom is -0.387 e. The zero-order valence-electron chi connectivity index (χ0n) is 19.9. The fourth-order valence-electron chi connectivity index (χ4n) is 4.64. The monoisotopic (exact) mass is 515 g/mol. The number of aromatic nitrogens is 4. The Hall–Kier alpha value is -4.19. The number of aliphatic hydroxyl groups is 1. The van der Waals surface area contributed by atoms with Gasteiger partial charge in [0.05, 0.1) is 34.6 Å². The van der Waals surface area contributed by atoms with Crippen molar-refractivity contribution in [1.82, 2.24) is 24.3 Å². The van der Waals surface area contributed by atoms with E-state index in [9.17, 15) is 24.8 Å². The van der Waals surface area contributed by atoms with E-state index >= 15 is 0 Å². The predicted molar refractivity (Wildman–Crippen MR) is 133 cm³/mol. The topological polar surface area (TPSA) is 123 Å². The molecule has 1 fully saturated rings. The SMILES string of the molecule is Cc1nn([C@H]2CCCN(C(=O)CO)C2)cc1-c1cc(Sc2ccc(F)cc2C#N)c2c(C#N)cnn2c1. The van der Waals surface area contributed by atoms with E-state index in [1.807, 2.05) is 36.1 Å². The summed E-state index contributed by atoms with van der Waals surface area (Å²) in [5.74, 6) is -0.780. The fraction of sp³-hybridized carbons (Fsp3) is 0.269. The number of aryl methyl sites for hydroxylation is 1. The van der Waals surface area contributed by atoms with Crippen LogP contribution in [0.2, 0.25) is 0 Å². The average Bonchev–Trinajstić information content (AvgIpc) is 3.52. The first-order valence-electron chi connectivity index (χ1n) is 11.7. The summed E-state index contributed by atoms with van der Waals surface area (Å²) in [6.45, 7) is 2.49. The van der Waals surface area contributed by atoms with Crippen molar-refractivity contribution in [3.05, 3.63) is 65.5 Å². The summed E-state index contributed by atoms with van der Waals surface area (Å²) < 4.78 is 17.2. The molecule has 1 atom stereocenters. The van der Waals surface area contributed by atoms with E-state index in [0.717, 1.165) is 29.7 Å². The molecule has 11 heteroatoms. The first-order chi connectivity index (χ1) is 17.9. The van der Waals surface area contributed by atoms with Gasteiger partial charge in [-0.05, 0) is 44.0 Å². The zero-order valence-corrected chi connectivity index (χ0v) is 20.7. The molecule has 1 amide bonds. The fourth-order valence-corrected chi connectivity index (χ4v) is 5.71. The number of carbonyl (C=O) groups excluding carboxylic acids is 1. The van der Waals surface area contributed by atoms with Crippen LogP contribution in [0.4, 0.5) is 4.39 Å². The highest BCUT2D eigenvalue weighted by Gasteiger charge is 2.26. The third-order valence-corrected chi connectivity index (χ3v) is 7.57. The van der Waals surface area contributed by atoms with Gasteiger partial charge in [0.1, 0.15) is 24.6 Å². The normalized spacial score (nSPS) is 15.5. The van der Waals surface area contributed by atoms with Crippen LogP contribution in [0.1, 0.15) is 35.7 Å². The van der Waals surface area contributed by atoms with Gasteiger partial charge in [0, 0.05) is 46.4 Å². The second-order valence-electron chi connectivity index (χ2n) is 8.81. The van der Waals surface area contributed by atoms with Crippen molar-refractivity contribution < 1.29 is 14.3 Å². The van der Waals surface area contributed by atoms with Crippen molar-refractivity contribution >= 4 is 23.2 Å². The van der Waals surface area contributed by atoms with Gasteiger partial charge in [-0.1, -0.05) is 11.8 Å². The minimum absolute atomic E-state index is 0.0124. The quantitative estimate of drug-likeness (QED) is 0.430. The van der Waals surface area contributed by atoms with Gasteiger partial charge in [-0.3, -0.25) is 9.48 Å². The third kappa shape index (κ3) is 4.67. The van der Waals surface area contributed by atoms with Crippen molar-refractivity contribution in [3.63, 3.8) is 0 Å². The van der Waals surface area contributed by atoms with E-state index in [1.54, 1.807) is 15.5 Å². The zero-order chi connectivity index (χ0) is 26.1. The van der Waals surface area contributed by atoms with Gasteiger partial charge in [0.2, 0.25) is 5.91 Å². The highest BCUT2D eigenvalue weighted by atomic mass is 32.2. The second-order valence-corrected chi connectivity index (χ2v) is 9.90. The molecular formula is C26H22FN7O2S. The Labute approximate surface area is 216 Å². The molecule has 0 spiro atoms. The van der Waals surface area contributed by atoms with Crippen LogP contribution < -0.4 is 0 Å². The molecule has 0 unspecified atom stereocenters. The lowest BCUT2D eigenvalue weighted by Gasteiger charge is -2.32. The van der Waals surface area contributed by atoms with Crippen LogP contribution in [-0.4, -0.2) is 55.0 Å². The summed E-state index contributed by atoms with van der Waals surface area (Å²) in [7, 11) is 0. The smallest absolute Gasteiger partial charge is 0.248 e. The number of likely N-dealkylation sites (tertiary alicyclic amines) is 1. The molecule has 5 rings (SSSR count). The molecule has 4 heterocycles. The summed E-state index contributed by atoms with van der Waals surface area (Å²) in [4.78, 5) is 14.9. The largest absolute Gasteiger partial charge is 0.387 e.